The zero-order valence-electron chi connectivity index (χ0n) is 10.3. The lowest BCUT2D eigenvalue weighted by Crippen LogP contribution is -2.28. The van der Waals surface area contributed by atoms with Gasteiger partial charge in [-0.3, -0.25) is 9.48 Å². The van der Waals surface area contributed by atoms with Crippen molar-refractivity contribution in [2.24, 2.45) is 7.05 Å². The van der Waals surface area contributed by atoms with Crippen LogP contribution in [0.1, 0.15) is 5.56 Å². The first-order valence-electron chi connectivity index (χ1n) is 5.67. The van der Waals surface area contributed by atoms with Gasteiger partial charge in [0, 0.05) is 13.2 Å². The molecule has 18 heavy (non-hydrogen) atoms. The van der Waals surface area contributed by atoms with Crippen molar-refractivity contribution in [1.29, 1.82) is 0 Å². The zero-order valence-corrected chi connectivity index (χ0v) is 10.3. The fourth-order valence-electron chi connectivity index (χ4n) is 1.72. The first-order chi connectivity index (χ1) is 8.70. The third-order valence-electron chi connectivity index (χ3n) is 2.63. The molecule has 0 saturated carbocycles. The molecule has 1 aromatic carbocycles. The van der Waals surface area contributed by atoms with Crippen molar-refractivity contribution in [3.63, 3.8) is 0 Å². The highest BCUT2D eigenvalue weighted by Crippen LogP contribution is 2.16. The van der Waals surface area contributed by atoms with Crippen molar-refractivity contribution in [2.45, 2.75) is 6.54 Å². The maximum absolute atomic E-state index is 11.9. The second-order valence-corrected chi connectivity index (χ2v) is 3.99. The number of rotatable bonds is 4. The van der Waals surface area contributed by atoms with Crippen LogP contribution in [-0.4, -0.2) is 15.7 Å². The van der Waals surface area contributed by atoms with Gasteiger partial charge in [0.25, 0.3) is 5.91 Å². The molecule has 0 aliphatic carbocycles. The Kier molecular flexibility index (Phi) is 3.57. The van der Waals surface area contributed by atoms with Gasteiger partial charge < -0.3 is 4.90 Å². The minimum Gasteiger partial charge on any atom is -0.301 e. The number of amides is 1. The van der Waals surface area contributed by atoms with Crippen LogP contribution in [0.25, 0.3) is 0 Å². The second kappa shape index (κ2) is 5.31. The average Bonchev–Trinajstić information content (AvgIpc) is 2.83. The molecule has 0 spiro atoms. The van der Waals surface area contributed by atoms with E-state index in [0.717, 1.165) is 11.3 Å². The van der Waals surface area contributed by atoms with E-state index in [4.69, 9.17) is 0 Å². The number of carbonyl (C=O) groups excluding carboxylic acids is 1. The molecule has 0 aliphatic heterocycles. The lowest BCUT2D eigenvalue weighted by Gasteiger charge is -2.19. The van der Waals surface area contributed by atoms with E-state index in [1.165, 1.54) is 6.08 Å². The van der Waals surface area contributed by atoms with Gasteiger partial charge in [0.15, 0.2) is 0 Å². The Morgan fingerprint density at radius 1 is 1.44 bits per heavy atom. The highest BCUT2D eigenvalue weighted by molar-refractivity contribution is 6.00. The van der Waals surface area contributed by atoms with Gasteiger partial charge in [-0.05, 0) is 11.6 Å². The van der Waals surface area contributed by atoms with E-state index in [0.29, 0.717) is 6.54 Å². The highest BCUT2D eigenvalue weighted by atomic mass is 16.2. The van der Waals surface area contributed by atoms with E-state index in [1.807, 2.05) is 43.6 Å². The fraction of sp³-hybridized carbons (Fsp3) is 0.143. The monoisotopic (exact) mass is 241 g/mol. The van der Waals surface area contributed by atoms with Gasteiger partial charge in [-0.2, -0.15) is 5.10 Å². The molecule has 0 atom stereocenters. The fourth-order valence-corrected chi connectivity index (χ4v) is 1.72. The normalized spacial score (nSPS) is 10.1. The van der Waals surface area contributed by atoms with E-state index in [2.05, 4.69) is 11.7 Å². The summed E-state index contributed by atoms with van der Waals surface area (Å²) in [6, 6.07) is 9.83. The summed E-state index contributed by atoms with van der Waals surface area (Å²) in [6.45, 7) is 4.05. The maximum atomic E-state index is 11.9. The van der Waals surface area contributed by atoms with E-state index < -0.39 is 0 Å². The quantitative estimate of drug-likeness (QED) is 0.769. The molecule has 2 aromatic rings. The Morgan fingerprint density at radius 3 is 2.72 bits per heavy atom. The number of nitrogens with zero attached hydrogens (tertiary/aromatic N) is 3. The summed E-state index contributed by atoms with van der Waals surface area (Å²) in [4.78, 5) is 13.5. The molecule has 0 aliphatic rings. The number of aromatic nitrogens is 2. The minimum absolute atomic E-state index is 0.133. The summed E-state index contributed by atoms with van der Waals surface area (Å²) >= 11 is 0. The van der Waals surface area contributed by atoms with Gasteiger partial charge in [0.1, 0.15) is 0 Å². The van der Waals surface area contributed by atoms with Gasteiger partial charge in [-0.25, -0.2) is 0 Å². The highest BCUT2D eigenvalue weighted by Gasteiger charge is 2.14. The molecule has 92 valence electrons. The van der Waals surface area contributed by atoms with Gasteiger partial charge in [0.05, 0.1) is 18.4 Å². The lowest BCUT2D eigenvalue weighted by molar-refractivity contribution is -0.114. The van der Waals surface area contributed by atoms with Crippen molar-refractivity contribution >= 4 is 11.6 Å². The Morgan fingerprint density at radius 2 is 2.17 bits per heavy atom. The number of aryl methyl sites for hydroxylation is 1. The predicted molar refractivity (Wildman–Crippen MR) is 71.0 cm³/mol. The largest absolute Gasteiger partial charge is 0.301 e. The summed E-state index contributed by atoms with van der Waals surface area (Å²) in [5.41, 5.74) is 1.84. The van der Waals surface area contributed by atoms with Crippen LogP contribution in [0.2, 0.25) is 0 Å². The van der Waals surface area contributed by atoms with Crippen molar-refractivity contribution < 1.29 is 4.79 Å². The molecule has 1 heterocycles. The van der Waals surface area contributed by atoms with Crippen molar-refractivity contribution in [1.82, 2.24) is 9.78 Å². The third-order valence-corrected chi connectivity index (χ3v) is 2.63. The van der Waals surface area contributed by atoms with E-state index in [9.17, 15) is 4.79 Å². The Labute approximate surface area is 106 Å². The summed E-state index contributed by atoms with van der Waals surface area (Å²) < 4.78 is 1.67. The van der Waals surface area contributed by atoms with Crippen LogP contribution < -0.4 is 4.90 Å². The predicted octanol–water partition coefficient (Wildman–Crippen LogP) is 2.14. The van der Waals surface area contributed by atoms with Gasteiger partial charge in [-0.1, -0.05) is 36.9 Å². The Hall–Kier alpha value is -2.36. The molecule has 0 saturated heterocycles. The Bertz CT molecular complexity index is 545. The molecule has 1 aromatic heterocycles. The van der Waals surface area contributed by atoms with Crippen LogP contribution >= 0.6 is 0 Å². The van der Waals surface area contributed by atoms with Crippen LogP contribution in [0.5, 0.6) is 0 Å². The second-order valence-electron chi connectivity index (χ2n) is 3.99. The van der Waals surface area contributed by atoms with Crippen LogP contribution in [0.3, 0.4) is 0 Å². The first-order valence-corrected chi connectivity index (χ1v) is 5.67. The molecule has 1 amide bonds. The average molecular weight is 241 g/mol. The summed E-state index contributed by atoms with van der Waals surface area (Å²) in [5.74, 6) is -0.133. The Balaban J connectivity index is 2.26. The number of hydrogen-bond acceptors (Lipinski definition) is 2. The summed E-state index contributed by atoms with van der Waals surface area (Å²) in [7, 11) is 1.82. The van der Waals surface area contributed by atoms with E-state index >= 15 is 0 Å². The number of hydrogen-bond donors (Lipinski definition) is 0. The molecule has 4 nitrogen and oxygen atoms in total. The summed E-state index contributed by atoms with van der Waals surface area (Å²) in [6.07, 6.45) is 4.80. The number of carbonyl (C=O) groups is 1. The molecule has 4 heteroatoms. The topological polar surface area (TPSA) is 38.1 Å². The molecule has 0 unspecified atom stereocenters. The van der Waals surface area contributed by atoms with Crippen molar-refractivity contribution in [3.05, 3.63) is 60.9 Å². The number of anilines is 1. The zero-order chi connectivity index (χ0) is 13.0. The maximum Gasteiger partial charge on any atom is 0.250 e. The van der Waals surface area contributed by atoms with Gasteiger partial charge >= 0.3 is 0 Å². The molecule has 2 rings (SSSR count). The molecular weight excluding hydrogens is 226 g/mol. The molecule has 0 bridgehead atoms. The smallest absolute Gasteiger partial charge is 0.250 e. The molecule has 0 N–H and O–H groups in total. The van der Waals surface area contributed by atoms with Crippen LogP contribution in [0.4, 0.5) is 5.69 Å². The number of benzene rings is 1. The molecule has 0 radical (unpaired) electrons. The standard InChI is InChI=1S/C14H15N3O/c1-3-14(18)17(13-9-15-16(2)11-13)10-12-7-5-4-6-8-12/h3-9,11H,1,10H2,2H3. The van der Waals surface area contributed by atoms with Crippen LogP contribution in [-0.2, 0) is 18.4 Å². The molecule has 0 fully saturated rings. The van der Waals surface area contributed by atoms with Crippen LogP contribution in [0, 0.1) is 0 Å². The van der Waals surface area contributed by atoms with E-state index in [1.54, 1.807) is 15.8 Å². The minimum atomic E-state index is -0.133. The van der Waals surface area contributed by atoms with Crippen LogP contribution in [0.15, 0.2) is 55.4 Å². The van der Waals surface area contributed by atoms with Crippen molar-refractivity contribution in [3.8, 4) is 0 Å². The third kappa shape index (κ3) is 2.66. The van der Waals surface area contributed by atoms with Crippen molar-refractivity contribution in [2.75, 3.05) is 4.90 Å². The lowest BCUT2D eigenvalue weighted by atomic mass is 10.2. The first kappa shape index (κ1) is 12.1. The van der Waals surface area contributed by atoms with Gasteiger partial charge in [0.2, 0.25) is 0 Å². The summed E-state index contributed by atoms with van der Waals surface area (Å²) in [5, 5.41) is 4.08. The van der Waals surface area contributed by atoms with E-state index in [-0.39, 0.29) is 5.91 Å². The van der Waals surface area contributed by atoms with Gasteiger partial charge in [-0.15, -0.1) is 0 Å². The SMILES string of the molecule is C=CC(=O)N(Cc1ccccc1)c1cnn(C)c1. The molecular formula is C14H15N3O.